The molecule has 0 spiro atoms. The van der Waals surface area contributed by atoms with E-state index in [1.54, 1.807) is 17.0 Å². The van der Waals surface area contributed by atoms with E-state index in [0.717, 1.165) is 0 Å². The zero-order chi connectivity index (χ0) is 17.5. The largest absolute Gasteiger partial charge is 0.433 e. The van der Waals surface area contributed by atoms with Crippen LogP contribution in [0, 0.1) is 10.1 Å². The first-order valence-corrected chi connectivity index (χ1v) is 8.13. The normalized spacial score (nSPS) is 11.0. The molecule has 0 aliphatic heterocycles. The number of rotatable bonds is 3. The molecule has 0 saturated heterocycles. The molecule has 0 aliphatic rings. The van der Waals surface area contributed by atoms with Crippen molar-refractivity contribution in [1.82, 2.24) is 4.90 Å². The highest BCUT2D eigenvalue weighted by atomic mass is 32.2. The maximum absolute atomic E-state index is 10.9. The minimum atomic E-state index is -0.474. The minimum Gasteiger partial charge on any atom is -0.433 e. The number of non-ortho nitro benzene ring substituents is 1. The number of nitro benzene ring substituents is 1. The third kappa shape index (κ3) is 5.32. The minimum absolute atomic E-state index is 0.0493. The molecule has 0 atom stereocenters. The molecule has 124 valence electrons. The van der Waals surface area contributed by atoms with Crippen LogP contribution in [0.4, 0.5) is 11.4 Å². The number of nitrogens with zero attached hydrogens (tertiary/aromatic N) is 3. The van der Waals surface area contributed by atoms with Gasteiger partial charge in [-0.25, -0.2) is 4.99 Å². The van der Waals surface area contributed by atoms with Crippen LogP contribution in [-0.2, 0) is 0 Å². The number of para-hydroxylation sites is 1. The maximum Gasteiger partial charge on any atom is 0.273 e. The summed E-state index contributed by atoms with van der Waals surface area (Å²) in [6, 6.07) is 15.2. The fraction of sp³-hybridized carbons (Fsp3) is 0.125. The summed E-state index contributed by atoms with van der Waals surface area (Å²) in [7, 11) is 3.64. The van der Waals surface area contributed by atoms with Crippen LogP contribution in [0.25, 0.3) is 0 Å². The lowest BCUT2D eigenvalue weighted by Crippen LogP contribution is -2.19. The standard InChI is InChI=1S/C16H15N3O3S2/c1-18(2)16(23)24-15(17-12-7-4-3-5-8-12)22-14-10-6-9-13(11-14)19(20)21/h3-11H,1-2H3. The number of hydrogen-bond donors (Lipinski definition) is 0. The summed E-state index contributed by atoms with van der Waals surface area (Å²) in [6.07, 6.45) is 0. The van der Waals surface area contributed by atoms with Crippen molar-refractivity contribution in [2.24, 2.45) is 4.99 Å². The van der Waals surface area contributed by atoms with Gasteiger partial charge in [0.2, 0.25) is 0 Å². The number of benzene rings is 2. The lowest BCUT2D eigenvalue weighted by molar-refractivity contribution is -0.384. The molecule has 24 heavy (non-hydrogen) atoms. The summed E-state index contributed by atoms with van der Waals surface area (Å²) in [6.45, 7) is 0. The number of hydrogen-bond acceptors (Lipinski definition) is 6. The van der Waals surface area contributed by atoms with Gasteiger partial charge >= 0.3 is 0 Å². The summed E-state index contributed by atoms with van der Waals surface area (Å²) < 4.78 is 6.29. The molecule has 0 heterocycles. The van der Waals surface area contributed by atoms with Gasteiger partial charge in [0.15, 0.2) is 0 Å². The smallest absolute Gasteiger partial charge is 0.273 e. The fourth-order valence-corrected chi connectivity index (χ4v) is 2.44. The van der Waals surface area contributed by atoms with Gasteiger partial charge in [0, 0.05) is 20.2 Å². The lowest BCUT2D eigenvalue weighted by Gasteiger charge is -2.14. The molecule has 2 rings (SSSR count). The summed E-state index contributed by atoms with van der Waals surface area (Å²) in [4.78, 5) is 16.6. The van der Waals surface area contributed by atoms with Crippen molar-refractivity contribution >= 4 is 44.9 Å². The van der Waals surface area contributed by atoms with Crippen molar-refractivity contribution < 1.29 is 9.66 Å². The first kappa shape index (κ1) is 17.9. The van der Waals surface area contributed by atoms with Crippen LogP contribution in [0.2, 0.25) is 0 Å². The Bertz CT molecular complexity index is 764. The van der Waals surface area contributed by atoms with E-state index in [4.69, 9.17) is 17.0 Å². The number of aliphatic imine (C=N–C) groups is 1. The first-order chi connectivity index (χ1) is 11.5. The monoisotopic (exact) mass is 361 g/mol. The molecular formula is C16H15N3O3S2. The average Bonchev–Trinajstić information content (AvgIpc) is 2.55. The topological polar surface area (TPSA) is 68.0 Å². The number of nitro groups is 1. The molecule has 0 saturated carbocycles. The highest BCUT2D eigenvalue weighted by molar-refractivity contribution is 8.32. The van der Waals surface area contributed by atoms with E-state index >= 15 is 0 Å². The predicted octanol–water partition coefficient (Wildman–Crippen LogP) is 4.24. The molecule has 0 unspecified atom stereocenters. The molecule has 0 N–H and O–H groups in total. The van der Waals surface area contributed by atoms with Crippen LogP contribution in [-0.4, -0.2) is 33.5 Å². The molecule has 0 fully saturated rings. The van der Waals surface area contributed by atoms with Gasteiger partial charge in [0.25, 0.3) is 10.9 Å². The van der Waals surface area contributed by atoms with E-state index < -0.39 is 4.92 Å². The van der Waals surface area contributed by atoms with Crippen LogP contribution in [0.3, 0.4) is 0 Å². The Morgan fingerprint density at radius 3 is 2.54 bits per heavy atom. The van der Waals surface area contributed by atoms with Gasteiger partial charge < -0.3 is 9.64 Å². The van der Waals surface area contributed by atoms with Crippen molar-refractivity contribution in [3.05, 3.63) is 64.7 Å². The van der Waals surface area contributed by atoms with Crippen LogP contribution < -0.4 is 4.74 Å². The quantitative estimate of drug-likeness (QED) is 0.268. The summed E-state index contributed by atoms with van der Waals surface area (Å²) in [5.41, 5.74) is 0.652. The Morgan fingerprint density at radius 1 is 1.21 bits per heavy atom. The van der Waals surface area contributed by atoms with E-state index in [1.807, 2.05) is 44.4 Å². The number of ether oxygens (including phenoxy) is 1. The van der Waals surface area contributed by atoms with Crippen molar-refractivity contribution in [3.8, 4) is 5.75 Å². The van der Waals surface area contributed by atoms with Crippen LogP contribution in [0.15, 0.2) is 59.6 Å². The van der Waals surface area contributed by atoms with Gasteiger partial charge in [-0.05, 0) is 30.0 Å². The number of thiocarbonyl (C=S) groups is 1. The van der Waals surface area contributed by atoms with Gasteiger partial charge in [-0.2, -0.15) is 0 Å². The molecule has 0 amide bonds. The van der Waals surface area contributed by atoms with Crippen molar-refractivity contribution in [2.75, 3.05) is 14.1 Å². The lowest BCUT2D eigenvalue weighted by atomic mass is 10.3. The molecule has 0 bridgehead atoms. The second-order valence-electron chi connectivity index (χ2n) is 4.83. The SMILES string of the molecule is CN(C)C(=S)SC(=Nc1ccccc1)Oc1cccc([N+](=O)[O-])c1. The molecule has 8 heteroatoms. The number of thioether (sulfide) groups is 1. The van der Waals surface area contributed by atoms with E-state index in [1.165, 1.54) is 23.9 Å². The van der Waals surface area contributed by atoms with E-state index in [9.17, 15) is 10.1 Å². The Labute approximate surface area is 149 Å². The second-order valence-corrected chi connectivity index (χ2v) is 6.42. The summed E-state index contributed by atoms with van der Waals surface area (Å²) in [5, 5.41) is 11.2. The van der Waals surface area contributed by atoms with E-state index in [-0.39, 0.29) is 5.69 Å². The second kappa shape index (κ2) is 8.42. The molecule has 2 aromatic carbocycles. The van der Waals surface area contributed by atoms with Crippen LogP contribution >= 0.6 is 24.0 Å². The highest BCUT2D eigenvalue weighted by Gasteiger charge is 2.13. The molecule has 6 nitrogen and oxygen atoms in total. The highest BCUT2D eigenvalue weighted by Crippen LogP contribution is 2.24. The zero-order valence-corrected chi connectivity index (χ0v) is 14.7. The zero-order valence-electron chi connectivity index (χ0n) is 13.1. The molecular weight excluding hydrogens is 346 g/mol. The van der Waals surface area contributed by atoms with E-state index in [2.05, 4.69) is 4.99 Å². The fourth-order valence-electron chi connectivity index (χ4n) is 1.60. The Balaban J connectivity index is 2.29. The average molecular weight is 361 g/mol. The van der Waals surface area contributed by atoms with Gasteiger partial charge in [-0.15, -0.1) is 0 Å². The van der Waals surface area contributed by atoms with Gasteiger partial charge in [-0.1, -0.05) is 36.5 Å². The molecule has 2 aromatic rings. The molecule has 0 aliphatic carbocycles. The Hall–Kier alpha value is -2.45. The molecule has 0 aromatic heterocycles. The first-order valence-electron chi connectivity index (χ1n) is 6.91. The Morgan fingerprint density at radius 2 is 1.92 bits per heavy atom. The van der Waals surface area contributed by atoms with Gasteiger partial charge in [0.1, 0.15) is 10.1 Å². The van der Waals surface area contributed by atoms with Crippen LogP contribution in [0.1, 0.15) is 0 Å². The Kier molecular flexibility index (Phi) is 6.28. The summed E-state index contributed by atoms with van der Waals surface area (Å²) >= 11 is 6.45. The third-order valence-electron chi connectivity index (χ3n) is 2.75. The molecule has 0 radical (unpaired) electrons. The third-order valence-corrected chi connectivity index (χ3v) is 4.25. The van der Waals surface area contributed by atoms with Crippen molar-refractivity contribution in [2.45, 2.75) is 0 Å². The van der Waals surface area contributed by atoms with Crippen LogP contribution in [0.5, 0.6) is 5.75 Å². The van der Waals surface area contributed by atoms with E-state index in [0.29, 0.717) is 21.0 Å². The van der Waals surface area contributed by atoms with Gasteiger partial charge in [-0.3, -0.25) is 10.1 Å². The van der Waals surface area contributed by atoms with Gasteiger partial charge in [0.05, 0.1) is 16.7 Å². The summed E-state index contributed by atoms with van der Waals surface area (Å²) in [5.74, 6) is 0.327. The maximum atomic E-state index is 10.9. The van der Waals surface area contributed by atoms with Crippen molar-refractivity contribution in [1.29, 1.82) is 0 Å². The van der Waals surface area contributed by atoms with Crippen molar-refractivity contribution in [3.63, 3.8) is 0 Å². The predicted molar refractivity (Wildman–Crippen MR) is 101 cm³/mol.